The fourth-order valence-corrected chi connectivity index (χ4v) is 5.79. The Hall–Kier alpha value is -4.01. The molecule has 1 aliphatic heterocycles. The number of nitrogens with zero attached hydrogens (tertiary/aromatic N) is 5. The van der Waals surface area contributed by atoms with Gasteiger partial charge in [0.05, 0.1) is 11.0 Å². The number of benzene rings is 2. The first-order chi connectivity index (χ1) is 21.8. The second kappa shape index (κ2) is 10.9. The highest BCUT2D eigenvalue weighted by atomic mass is 16.5. The summed E-state index contributed by atoms with van der Waals surface area (Å²) in [6.45, 7) is -3.15. The molecule has 8 nitrogen and oxygen atoms in total. The third-order valence-corrected chi connectivity index (χ3v) is 7.96. The Kier molecular flexibility index (Phi) is 5.42. The molecule has 206 valence electrons. The van der Waals surface area contributed by atoms with Gasteiger partial charge in [0.25, 0.3) is 5.91 Å². The first kappa shape index (κ1) is 20.0. The van der Waals surface area contributed by atoms with Gasteiger partial charge in [-0.25, -0.2) is 9.97 Å². The van der Waals surface area contributed by atoms with Crippen LogP contribution in [0.4, 0.5) is 0 Å². The summed E-state index contributed by atoms with van der Waals surface area (Å²) in [6.07, 6.45) is 3.70. The molecule has 1 amide bonds. The molecule has 0 atom stereocenters. The maximum Gasteiger partial charge on any atom is 0.253 e. The van der Waals surface area contributed by atoms with Gasteiger partial charge in [0.2, 0.25) is 0 Å². The lowest BCUT2D eigenvalue weighted by Gasteiger charge is -2.32. The highest BCUT2D eigenvalue weighted by molar-refractivity contribution is 5.96. The zero-order valence-electron chi connectivity index (χ0n) is 28.6. The highest BCUT2D eigenvalue weighted by Crippen LogP contribution is 2.33. The van der Waals surface area contributed by atoms with Crippen molar-refractivity contribution in [1.29, 1.82) is 0 Å². The molecule has 5 aromatic rings. The molecule has 0 aliphatic carbocycles. The predicted octanol–water partition coefficient (Wildman–Crippen LogP) is 5.34. The molecule has 2 aromatic carbocycles. The number of H-pyrrole nitrogens is 1. The smallest absolute Gasteiger partial charge is 0.253 e. The molecule has 6 rings (SSSR count). The molecular formula is C32H36N6O2. The normalized spacial score (nSPS) is 17.6. The summed E-state index contributed by atoms with van der Waals surface area (Å²) < 4.78 is 52.5. The van der Waals surface area contributed by atoms with Crippen LogP contribution in [0.25, 0.3) is 33.2 Å². The van der Waals surface area contributed by atoms with Gasteiger partial charge in [-0.3, -0.25) is 9.69 Å². The van der Waals surface area contributed by atoms with Crippen LogP contribution in [0.2, 0.25) is 0 Å². The standard InChI is InChI=1S/C32H36N6O2/c1-36(2)32(39)23-7-5-21(6-8-23)22-12-15-38(16-13-22)19-25-18-27-26(11-14-33-31(27)37(25)3)24-9-10-28-29(17-24)35-30(34-28)20-40-4/h5-11,14,17-18,22H,12-13,15-16,19-20H2,1-4H3,(H,34,35)/i1D3,2D3. The quantitative estimate of drug-likeness (QED) is 0.300. The number of pyridine rings is 1. The molecule has 3 aromatic heterocycles. The van der Waals surface area contributed by atoms with Gasteiger partial charge in [-0.15, -0.1) is 0 Å². The topological polar surface area (TPSA) is 79.3 Å². The Morgan fingerprint density at radius 1 is 1.12 bits per heavy atom. The number of rotatable bonds is 7. The maximum absolute atomic E-state index is 12.8. The number of ether oxygens (including phenoxy) is 1. The third kappa shape index (κ3) is 5.00. The van der Waals surface area contributed by atoms with Gasteiger partial charge >= 0.3 is 0 Å². The van der Waals surface area contributed by atoms with E-state index >= 15 is 0 Å². The molecule has 40 heavy (non-hydrogen) atoms. The third-order valence-electron chi connectivity index (χ3n) is 7.96. The van der Waals surface area contributed by atoms with Gasteiger partial charge in [0.1, 0.15) is 18.1 Å². The Morgan fingerprint density at radius 2 is 1.93 bits per heavy atom. The zero-order chi connectivity index (χ0) is 32.8. The van der Waals surface area contributed by atoms with Crippen LogP contribution in [0.1, 0.15) is 54.4 Å². The lowest BCUT2D eigenvalue weighted by atomic mass is 9.89. The summed E-state index contributed by atoms with van der Waals surface area (Å²) in [4.78, 5) is 27.8. The summed E-state index contributed by atoms with van der Waals surface area (Å²) in [6, 6.07) is 17.2. The van der Waals surface area contributed by atoms with E-state index in [1.165, 1.54) is 17.8 Å². The van der Waals surface area contributed by atoms with E-state index < -0.39 is 19.9 Å². The van der Waals surface area contributed by atoms with Crippen LogP contribution >= 0.6 is 0 Å². The number of nitrogens with one attached hydrogen (secondary N) is 1. The molecule has 0 bridgehead atoms. The average molecular weight is 543 g/mol. The SMILES string of the molecule is [2H]C([2H])([2H])N(C(=O)c1ccc(C2CCN(Cc3cc4c(-c5ccc6nc(COC)[nH]c6c5)ccnc4n3C)CC2)cc1)C([2H])([2H])[2H]. The van der Waals surface area contributed by atoms with E-state index in [2.05, 4.69) is 44.7 Å². The van der Waals surface area contributed by atoms with Crippen molar-refractivity contribution in [2.45, 2.75) is 31.9 Å². The fraction of sp³-hybridized carbons (Fsp3) is 0.344. The minimum atomic E-state index is -3.07. The molecule has 0 spiro atoms. The largest absolute Gasteiger partial charge is 0.377 e. The second-order valence-corrected chi connectivity index (χ2v) is 10.5. The van der Waals surface area contributed by atoms with E-state index in [1.807, 2.05) is 18.3 Å². The van der Waals surface area contributed by atoms with Crippen molar-refractivity contribution >= 4 is 28.0 Å². The van der Waals surface area contributed by atoms with Crippen LogP contribution in [-0.2, 0) is 24.9 Å². The summed E-state index contributed by atoms with van der Waals surface area (Å²) in [7, 11) is 3.71. The van der Waals surface area contributed by atoms with Gasteiger partial charge in [-0.1, -0.05) is 18.2 Å². The van der Waals surface area contributed by atoms with Crippen molar-refractivity contribution in [3.8, 4) is 11.1 Å². The van der Waals surface area contributed by atoms with Crippen LogP contribution < -0.4 is 0 Å². The number of methoxy groups -OCH3 is 1. The number of carbonyl (C=O) groups excluding carboxylic acids is 1. The van der Waals surface area contributed by atoms with E-state index in [1.54, 1.807) is 19.2 Å². The maximum atomic E-state index is 12.8. The van der Waals surface area contributed by atoms with Crippen LogP contribution in [0.15, 0.2) is 60.8 Å². The van der Waals surface area contributed by atoms with E-state index in [9.17, 15) is 4.79 Å². The van der Waals surface area contributed by atoms with Crippen molar-refractivity contribution < 1.29 is 17.8 Å². The average Bonchev–Trinajstić information content (AvgIpc) is 3.55. The summed E-state index contributed by atoms with van der Waals surface area (Å²) in [5.41, 5.74) is 7.25. The zero-order valence-corrected chi connectivity index (χ0v) is 22.6. The van der Waals surface area contributed by atoms with Gasteiger partial charge in [-0.2, -0.15) is 0 Å². The highest BCUT2D eigenvalue weighted by Gasteiger charge is 2.23. The molecule has 1 N–H and O–H groups in total. The molecule has 0 radical (unpaired) electrons. The number of piperidine rings is 1. The number of amides is 1. The number of likely N-dealkylation sites (tertiary alicyclic amines) is 1. The van der Waals surface area contributed by atoms with Crippen LogP contribution in [0, 0.1) is 0 Å². The van der Waals surface area contributed by atoms with E-state index in [0.29, 0.717) is 6.61 Å². The molecule has 4 heterocycles. The fourth-order valence-electron chi connectivity index (χ4n) is 5.79. The summed E-state index contributed by atoms with van der Waals surface area (Å²) >= 11 is 0. The van der Waals surface area contributed by atoms with E-state index in [-0.39, 0.29) is 16.4 Å². The summed E-state index contributed by atoms with van der Waals surface area (Å²) in [5, 5.41) is 1.09. The lowest BCUT2D eigenvalue weighted by molar-refractivity contribution is 0.0827. The van der Waals surface area contributed by atoms with Gasteiger partial charge in [-0.05, 0) is 84.9 Å². The van der Waals surface area contributed by atoms with Gasteiger partial charge in [0, 0.05) is 65.7 Å². The minimum absolute atomic E-state index is 0.00423. The van der Waals surface area contributed by atoms with Crippen molar-refractivity contribution in [1.82, 2.24) is 29.3 Å². The molecule has 0 unspecified atom stereocenters. The molecule has 1 aliphatic rings. The van der Waals surface area contributed by atoms with E-state index in [0.717, 1.165) is 77.1 Å². The van der Waals surface area contributed by atoms with Crippen molar-refractivity contribution in [2.75, 3.05) is 34.2 Å². The summed E-state index contributed by atoms with van der Waals surface area (Å²) in [5.74, 6) is 0.0390. The van der Waals surface area contributed by atoms with Gasteiger partial charge < -0.3 is 19.2 Å². The number of imidazole rings is 1. The number of carbonyl (C=O) groups is 1. The number of hydrogen-bond acceptors (Lipinski definition) is 5. The Bertz CT molecular complexity index is 1860. The Morgan fingerprint density at radius 3 is 2.67 bits per heavy atom. The monoisotopic (exact) mass is 542 g/mol. The predicted molar refractivity (Wildman–Crippen MR) is 158 cm³/mol. The second-order valence-electron chi connectivity index (χ2n) is 10.5. The first-order valence-corrected chi connectivity index (χ1v) is 13.4. The number of hydrogen-bond donors (Lipinski definition) is 1. The molecular weight excluding hydrogens is 500 g/mol. The minimum Gasteiger partial charge on any atom is -0.377 e. The molecule has 8 heteroatoms. The van der Waals surface area contributed by atoms with Crippen molar-refractivity contribution in [3.05, 3.63) is 83.4 Å². The van der Waals surface area contributed by atoms with Crippen LogP contribution in [0.3, 0.4) is 0 Å². The Balaban J connectivity index is 1.13. The first-order valence-electron chi connectivity index (χ1n) is 16.4. The molecule has 1 fully saturated rings. The van der Waals surface area contributed by atoms with Crippen molar-refractivity contribution in [2.24, 2.45) is 7.05 Å². The van der Waals surface area contributed by atoms with Crippen molar-refractivity contribution in [3.63, 3.8) is 0 Å². The molecule has 0 saturated carbocycles. The van der Waals surface area contributed by atoms with E-state index in [4.69, 9.17) is 17.9 Å². The van der Waals surface area contributed by atoms with Crippen LogP contribution in [0.5, 0.6) is 0 Å². The Labute approximate surface area is 243 Å². The van der Waals surface area contributed by atoms with Gasteiger partial charge in [0.15, 0.2) is 0 Å². The lowest BCUT2D eigenvalue weighted by Crippen LogP contribution is -2.33. The molecule has 1 saturated heterocycles. The number of aromatic nitrogens is 4. The number of aromatic amines is 1. The van der Waals surface area contributed by atoms with Crippen LogP contribution in [-0.4, -0.2) is 69.4 Å². The number of fused-ring (bicyclic) bond motifs is 2. The number of aryl methyl sites for hydroxylation is 1.